The van der Waals surface area contributed by atoms with Crippen molar-refractivity contribution >= 4 is 23.3 Å². The van der Waals surface area contributed by atoms with Crippen LogP contribution in [0.25, 0.3) is 5.69 Å². The van der Waals surface area contributed by atoms with Gasteiger partial charge >= 0.3 is 0 Å². The highest BCUT2D eigenvalue weighted by Crippen LogP contribution is 2.16. The smallest absolute Gasteiger partial charge is 0.271 e. The Bertz CT molecular complexity index is 1110. The van der Waals surface area contributed by atoms with Gasteiger partial charge in [0, 0.05) is 37.3 Å². The van der Waals surface area contributed by atoms with Crippen molar-refractivity contribution in [1.82, 2.24) is 14.7 Å². The maximum absolute atomic E-state index is 12.9. The van der Waals surface area contributed by atoms with Gasteiger partial charge in [0.15, 0.2) is 6.61 Å². The van der Waals surface area contributed by atoms with Gasteiger partial charge in [0.05, 0.1) is 5.69 Å². The van der Waals surface area contributed by atoms with Crippen molar-refractivity contribution in [3.8, 4) is 11.4 Å². The van der Waals surface area contributed by atoms with Gasteiger partial charge in [-0.2, -0.15) is 4.68 Å². The van der Waals surface area contributed by atoms with Crippen LogP contribution in [0.1, 0.15) is 0 Å². The van der Waals surface area contributed by atoms with Gasteiger partial charge in [-0.25, -0.2) is 4.39 Å². The molecule has 1 amide bonds. The summed E-state index contributed by atoms with van der Waals surface area (Å²) in [6.07, 6.45) is 0. The molecule has 1 fully saturated rings. The summed E-state index contributed by atoms with van der Waals surface area (Å²) < 4.78 is 19.7. The number of nitrogens with zero attached hydrogens (tertiary/aromatic N) is 4. The maximum Gasteiger partial charge on any atom is 0.271 e. The Morgan fingerprint density at radius 3 is 2.32 bits per heavy atom. The van der Waals surface area contributed by atoms with Crippen LogP contribution in [0, 0.1) is 5.82 Å². The first kappa shape index (κ1) is 20.9. The average Bonchev–Trinajstić information content (AvgIpc) is 2.80. The predicted octanol–water partition coefficient (Wildman–Crippen LogP) is 2.75. The molecular weight excluding hydrogens is 423 g/mol. The largest absolute Gasteiger partial charge is 0.484 e. The van der Waals surface area contributed by atoms with E-state index in [1.54, 1.807) is 35.2 Å². The molecule has 4 rings (SSSR count). The number of amides is 1. The van der Waals surface area contributed by atoms with Gasteiger partial charge in [-0.15, -0.1) is 5.10 Å². The predicted molar refractivity (Wildman–Crippen MR) is 116 cm³/mol. The van der Waals surface area contributed by atoms with Crippen molar-refractivity contribution < 1.29 is 13.9 Å². The van der Waals surface area contributed by atoms with Gasteiger partial charge in [-0.05, 0) is 54.6 Å². The lowest BCUT2D eigenvalue weighted by atomic mass is 10.3. The topological polar surface area (TPSA) is 67.7 Å². The third-order valence-electron chi connectivity index (χ3n) is 4.99. The molecule has 0 spiro atoms. The number of halogens is 2. The van der Waals surface area contributed by atoms with E-state index in [1.165, 1.54) is 35.0 Å². The van der Waals surface area contributed by atoms with E-state index in [1.807, 2.05) is 4.90 Å². The Hall–Kier alpha value is -3.39. The highest BCUT2D eigenvalue weighted by atomic mass is 35.5. The Labute approximate surface area is 183 Å². The third kappa shape index (κ3) is 5.03. The molecule has 1 aliphatic heterocycles. The summed E-state index contributed by atoms with van der Waals surface area (Å²) in [4.78, 5) is 28.4. The molecule has 1 aliphatic rings. The zero-order valence-corrected chi connectivity index (χ0v) is 17.3. The van der Waals surface area contributed by atoms with Crippen molar-refractivity contribution in [2.75, 3.05) is 37.7 Å². The Morgan fingerprint density at radius 2 is 1.65 bits per heavy atom. The van der Waals surface area contributed by atoms with E-state index in [0.717, 1.165) is 0 Å². The van der Waals surface area contributed by atoms with E-state index in [4.69, 9.17) is 16.3 Å². The van der Waals surface area contributed by atoms with Crippen LogP contribution in [0.15, 0.2) is 65.5 Å². The second kappa shape index (κ2) is 9.18. The van der Waals surface area contributed by atoms with E-state index in [2.05, 4.69) is 5.10 Å². The van der Waals surface area contributed by atoms with Gasteiger partial charge < -0.3 is 14.5 Å². The number of carbonyl (C=O) groups is 1. The first-order valence-corrected chi connectivity index (χ1v) is 10.1. The van der Waals surface area contributed by atoms with Crippen LogP contribution in [0.5, 0.6) is 5.75 Å². The van der Waals surface area contributed by atoms with E-state index in [0.29, 0.717) is 48.5 Å². The number of hydrogen-bond donors (Lipinski definition) is 0. The number of piperazine rings is 1. The lowest BCUT2D eigenvalue weighted by Gasteiger charge is -2.35. The monoisotopic (exact) mass is 442 g/mol. The number of ether oxygens (including phenoxy) is 1. The molecule has 7 nitrogen and oxygen atoms in total. The molecule has 0 aliphatic carbocycles. The van der Waals surface area contributed by atoms with Crippen LogP contribution in [0.3, 0.4) is 0 Å². The fourth-order valence-corrected chi connectivity index (χ4v) is 3.42. The summed E-state index contributed by atoms with van der Waals surface area (Å²) in [5, 5.41) is 5.06. The van der Waals surface area contributed by atoms with Crippen molar-refractivity contribution in [2.24, 2.45) is 0 Å². The Morgan fingerprint density at radius 1 is 0.968 bits per heavy atom. The van der Waals surface area contributed by atoms with E-state index in [9.17, 15) is 14.0 Å². The second-order valence-corrected chi connectivity index (χ2v) is 7.46. The molecule has 160 valence electrons. The number of anilines is 1. The Balaban J connectivity index is 1.36. The molecular formula is C22H20ClFN4O3. The SMILES string of the molecule is O=C(COc1ccc(F)cc1)N1CCN(c2ccc(=O)n(-c3ccc(Cl)cc3)n2)CC1. The van der Waals surface area contributed by atoms with Crippen LogP contribution in [-0.2, 0) is 4.79 Å². The standard InChI is InChI=1S/C22H20ClFN4O3/c23-16-1-5-18(6-2-16)28-21(29)10-9-20(25-28)26-11-13-27(14-12-26)22(30)15-31-19-7-3-17(24)4-8-19/h1-10H,11-15H2. The Kier molecular flexibility index (Phi) is 6.18. The number of carbonyl (C=O) groups excluding carboxylic acids is 1. The first-order chi connectivity index (χ1) is 15.0. The molecule has 0 radical (unpaired) electrons. The van der Waals surface area contributed by atoms with Crippen LogP contribution >= 0.6 is 11.6 Å². The van der Waals surface area contributed by atoms with Crippen molar-refractivity contribution in [3.63, 3.8) is 0 Å². The average molecular weight is 443 g/mol. The van der Waals surface area contributed by atoms with Crippen LogP contribution in [0.4, 0.5) is 10.2 Å². The normalized spacial score (nSPS) is 13.9. The third-order valence-corrected chi connectivity index (χ3v) is 5.24. The number of benzene rings is 2. The number of rotatable bonds is 5. The zero-order chi connectivity index (χ0) is 21.8. The van der Waals surface area contributed by atoms with E-state index < -0.39 is 0 Å². The molecule has 0 saturated carbocycles. The number of hydrogen-bond acceptors (Lipinski definition) is 5. The lowest BCUT2D eigenvalue weighted by molar-refractivity contribution is -0.133. The molecule has 1 saturated heterocycles. The highest BCUT2D eigenvalue weighted by molar-refractivity contribution is 6.30. The van der Waals surface area contributed by atoms with Crippen molar-refractivity contribution in [1.29, 1.82) is 0 Å². The molecule has 0 unspecified atom stereocenters. The van der Waals surface area contributed by atoms with Crippen LogP contribution < -0.4 is 15.2 Å². The van der Waals surface area contributed by atoms with Crippen LogP contribution in [0.2, 0.25) is 5.02 Å². The van der Waals surface area contributed by atoms with E-state index in [-0.39, 0.29) is 23.9 Å². The second-order valence-electron chi connectivity index (χ2n) is 7.03. The van der Waals surface area contributed by atoms with Gasteiger partial charge in [-0.1, -0.05) is 11.6 Å². The molecule has 0 atom stereocenters. The minimum absolute atomic E-state index is 0.106. The minimum Gasteiger partial charge on any atom is -0.484 e. The molecule has 0 N–H and O–H groups in total. The lowest BCUT2D eigenvalue weighted by Crippen LogP contribution is -2.50. The zero-order valence-electron chi connectivity index (χ0n) is 16.6. The molecule has 0 bridgehead atoms. The fraction of sp³-hybridized carbons (Fsp3) is 0.227. The van der Waals surface area contributed by atoms with Gasteiger partial charge in [0.25, 0.3) is 11.5 Å². The quantitative estimate of drug-likeness (QED) is 0.608. The van der Waals surface area contributed by atoms with Gasteiger partial charge in [-0.3, -0.25) is 9.59 Å². The van der Waals surface area contributed by atoms with Crippen molar-refractivity contribution in [3.05, 3.63) is 81.9 Å². The van der Waals surface area contributed by atoms with Gasteiger partial charge in [0.1, 0.15) is 17.4 Å². The van der Waals surface area contributed by atoms with Crippen LogP contribution in [-0.4, -0.2) is 53.4 Å². The van der Waals surface area contributed by atoms with Gasteiger partial charge in [0.2, 0.25) is 0 Å². The molecule has 2 heterocycles. The summed E-state index contributed by atoms with van der Waals surface area (Å²) in [6.45, 7) is 2.06. The maximum atomic E-state index is 12.9. The molecule has 2 aromatic carbocycles. The fourth-order valence-electron chi connectivity index (χ4n) is 3.29. The summed E-state index contributed by atoms with van der Waals surface area (Å²) in [5.41, 5.74) is 0.390. The number of aromatic nitrogens is 2. The summed E-state index contributed by atoms with van der Waals surface area (Å²) in [5.74, 6) is 0.611. The molecule has 9 heteroatoms. The van der Waals surface area contributed by atoms with E-state index >= 15 is 0 Å². The minimum atomic E-state index is -0.356. The molecule has 1 aromatic heterocycles. The summed E-state index contributed by atoms with van der Waals surface area (Å²) >= 11 is 5.92. The summed E-state index contributed by atoms with van der Waals surface area (Å²) in [7, 11) is 0. The first-order valence-electron chi connectivity index (χ1n) is 9.77. The van der Waals surface area contributed by atoms with Crippen molar-refractivity contribution in [2.45, 2.75) is 0 Å². The molecule has 31 heavy (non-hydrogen) atoms. The summed E-state index contributed by atoms with van der Waals surface area (Å²) in [6, 6.07) is 15.6. The molecule has 3 aromatic rings. The highest BCUT2D eigenvalue weighted by Gasteiger charge is 2.22.